The summed E-state index contributed by atoms with van der Waals surface area (Å²) in [5.41, 5.74) is 1.01. The lowest BCUT2D eigenvalue weighted by atomic mass is 9.40. The maximum Gasteiger partial charge on any atom is 0.0618 e. The van der Waals surface area contributed by atoms with E-state index in [4.69, 9.17) is 0 Å². The molecule has 4 aliphatic carbocycles. The van der Waals surface area contributed by atoms with Crippen molar-refractivity contribution in [1.29, 1.82) is 0 Å². The van der Waals surface area contributed by atoms with Crippen molar-refractivity contribution in [2.45, 2.75) is 71.0 Å². The van der Waals surface area contributed by atoms with Crippen LogP contribution in [0.5, 0.6) is 0 Å². The Labute approximate surface area is 139 Å². The number of aliphatic hydroxyl groups excluding tert-OH is 3. The number of allylic oxidation sites excluding steroid dienone is 1. The second kappa shape index (κ2) is 4.83. The third-order valence-corrected chi connectivity index (χ3v) is 8.83. The zero-order chi connectivity index (χ0) is 16.6. The molecule has 3 nitrogen and oxygen atoms in total. The maximum absolute atomic E-state index is 11.2. The van der Waals surface area contributed by atoms with Gasteiger partial charge in [0.1, 0.15) is 0 Å². The van der Waals surface area contributed by atoms with Crippen LogP contribution in [0.15, 0.2) is 12.2 Å². The molecular formula is C20H32O3. The van der Waals surface area contributed by atoms with Crippen LogP contribution in [0.3, 0.4) is 0 Å². The number of hydrogen-bond donors (Lipinski definition) is 3. The molecule has 0 unspecified atom stereocenters. The average Bonchev–Trinajstić information content (AvgIpc) is 2.78. The van der Waals surface area contributed by atoms with Gasteiger partial charge in [-0.2, -0.15) is 0 Å². The van der Waals surface area contributed by atoms with E-state index < -0.39 is 11.5 Å². The monoisotopic (exact) mass is 320 g/mol. The number of fused-ring (bicyclic) bond motifs is 3. The minimum atomic E-state index is -0.484. The largest absolute Gasteiger partial charge is 0.396 e. The van der Waals surface area contributed by atoms with Gasteiger partial charge in [-0.15, -0.1) is 0 Å². The van der Waals surface area contributed by atoms with Crippen LogP contribution in [-0.4, -0.2) is 34.1 Å². The highest BCUT2D eigenvalue weighted by atomic mass is 16.3. The van der Waals surface area contributed by atoms with E-state index in [1.807, 2.05) is 6.92 Å². The smallest absolute Gasteiger partial charge is 0.0618 e. The Morgan fingerprint density at radius 1 is 1.09 bits per heavy atom. The highest BCUT2D eigenvalue weighted by Crippen LogP contribution is 2.71. The number of rotatable bonds is 1. The highest BCUT2D eigenvalue weighted by Gasteiger charge is 2.67. The molecule has 4 rings (SSSR count). The van der Waals surface area contributed by atoms with Crippen LogP contribution in [0.4, 0.5) is 0 Å². The molecule has 4 fully saturated rings. The van der Waals surface area contributed by atoms with E-state index in [-0.39, 0.29) is 29.5 Å². The standard InChI is InChI=1S/C20H32O3/c1-12-9-20-10-13(12)4-5-14(20)18(2)7-6-16(22)19(3,11-21)15(18)8-17(20)23/h13-17,21-23H,1,4-11H2,2-3H3/t13-,14+,15+,16-,17+,18+,19-,20+/m1/s1. The van der Waals surface area contributed by atoms with E-state index in [0.717, 1.165) is 32.1 Å². The lowest BCUT2D eigenvalue weighted by molar-refractivity contribution is -0.230. The van der Waals surface area contributed by atoms with Gasteiger partial charge in [-0.1, -0.05) is 26.0 Å². The zero-order valence-corrected chi connectivity index (χ0v) is 14.6. The molecule has 4 saturated carbocycles. The van der Waals surface area contributed by atoms with E-state index in [2.05, 4.69) is 13.5 Å². The molecule has 0 radical (unpaired) electrons. The first-order valence-electron chi connectivity index (χ1n) is 9.42. The molecule has 2 bridgehead atoms. The van der Waals surface area contributed by atoms with Crippen molar-refractivity contribution < 1.29 is 15.3 Å². The molecule has 1 spiro atoms. The van der Waals surface area contributed by atoms with E-state index in [0.29, 0.717) is 11.8 Å². The fraction of sp³-hybridized carbons (Fsp3) is 0.900. The molecule has 8 atom stereocenters. The summed E-state index contributed by atoms with van der Waals surface area (Å²) >= 11 is 0. The van der Waals surface area contributed by atoms with Crippen molar-refractivity contribution in [3.63, 3.8) is 0 Å². The Morgan fingerprint density at radius 3 is 2.52 bits per heavy atom. The second-order valence-electron chi connectivity index (χ2n) is 9.63. The van der Waals surface area contributed by atoms with Crippen molar-refractivity contribution in [1.82, 2.24) is 0 Å². The Kier molecular flexibility index (Phi) is 3.38. The lowest BCUT2D eigenvalue weighted by Crippen LogP contribution is -2.64. The van der Waals surface area contributed by atoms with Crippen LogP contribution in [-0.2, 0) is 0 Å². The van der Waals surface area contributed by atoms with Crippen LogP contribution < -0.4 is 0 Å². The van der Waals surface area contributed by atoms with Gasteiger partial charge in [0.15, 0.2) is 0 Å². The average molecular weight is 320 g/mol. The zero-order valence-electron chi connectivity index (χ0n) is 14.6. The summed E-state index contributed by atoms with van der Waals surface area (Å²) in [6.07, 6.45) is 6.22. The van der Waals surface area contributed by atoms with Gasteiger partial charge in [-0.05, 0) is 68.1 Å². The first-order valence-corrected chi connectivity index (χ1v) is 9.42. The third kappa shape index (κ3) is 1.82. The Morgan fingerprint density at radius 2 is 1.83 bits per heavy atom. The van der Waals surface area contributed by atoms with Gasteiger partial charge >= 0.3 is 0 Å². The second-order valence-corrected chi connectivity index (χ2v) is 9.63. The van der Waals surface area contributed by atoms with Crippen LogP contribution in [0, 0.1) is 34.0 Å². The molecule has 3 heteroatoms. The molecule has 0 heterocycles. The summed E-state index contributed by atoms with van der Waals surface area (Å²) in [6, 6.07) is 0. The van der Waals surface area contributed by atoms with Crippen LogP contribution in [0.2, 0.25) is 0 Å². The summed E-state index contributed by atoms with van der Waals surface area (Å²) in [6.45, 7) is 8.74. The summed E-state index contributed by atoms with van der Waals surface area (Å²) in [5.74, 6) is 1.30. The minimum Gasteiger partial charge on any atom is -0.396 e. The molecule has 4 aliphatic rings. The van der Waals surface area contributed by atoms with E-state index >= 15 is 0 Å². The molecule has 0 aliphatic heterocycles. The highest BCUT2D eigenvalue weighted by molar-refractivity contribution is 5.24. The molecule has 130 valence electrons. The van der Waals surface area contributed by atoms with Gasteiger partial charge in [-0.25, -0.2) is 0 Å². The summed E-state index contributed by atoms with van der Waals surface area (Å²) < 4.78 is 0. The summed E-state index contributed by atoms with van der Waals surface area (Å²) in [7, 11) is 0. The molecule has 23 heavy (non-hydrogen) atoms. The SMILES string of the molecule is C=C1C[C@]23C[C@H]1CC[C@H]2[C@]1(C)CC[C@@H](O)[C@](C)(CO)[C@H]1C[C@@H]3O. The van der Waals surface area contributed by atoms with Gasteiger partial charge < -0.3 is 15.3 Å². The third-order valence-electron chi connectivity index (χ3n) is 8.83. The van der Waals surface area contributed by atoms with Gasteiger partial charge in [0.05, 0.1) is 18.8 Å². The van der Waals surface area contributed by atoms with Gasteiger partial charge in [0, 0.05) is 10.8 Å². The Hall–Kier alpha value is -0.380. The molecule has 0 saturated heterocycles. The summed E-state index contributed by atoms with van der Waals surface area (Å²) in [4.78, 5) is 0. The number of hydrogen-bond acceptors (Lipinski definition) is 3. The van der Waals surface area contributed by atoms with E-state index in [9.17, 15) is 15.3 Å². The molecule has 0 aromatic carbocycles. The lowest BCUT2D eigenvalue weighted by Gasteiger charge is -2.66. The first kappa shape index (κ1) is 16.1. The Bertz CT molecular complexity index is 531. The predicted molar refractivity (Wildman–Crippen MR) is 89.7 cm³/mol. The minimum absolute atomic E-state index is 0.0101. The maximum atomic E-state index is 11.2. The summed E-state index contributed by atoms with van der Waals surface area (Å²) in [5, 5.41) is 31.8. The first-order chi connectivity index (χ1) is 10.8. The Balaban J connectivity index is 1.78. The van der Waals surface area contributed by atoms with E-state index in [1.165, 1.54) is 18.4 Å². The molecule has 0 aromatic rings. The fourth-order valence-electron chi connectivity index (χ4n) is 7.51. The number of aliphatic hydroxyl groups is 3. The molecule has 0 amide bonds. The van der Waals surface area contributed by atoms with Crippen molar-refractivity contribution in [2.75, 3.05) is 6.61 Å². The van der Waals surface area contributed by atoms with Crippen molar-refractivity contribution >= 4 is 0 Å². The van der Waals surface area contributed by atoms with Gasteiger partial charge in [0.2, 0.25) is 0 Å². The van der Waals surface area contributed by atoms with Crippen LogP contribution in [0.1, 0.15) is 58.8 Å². The topological polar surface area (TPSA) is 60.7 Å². The molecular weight excluding hydrogens is 288 g/mol. The van der Waals surface area contributed by atoms with E-state index in [1.54, 1.807) is 0 Å². The molecule has 3 N–H and O–H groups in total. The van der Waals surface area contributed by atoms with Crippen molar-refractivity contribution in [3.8, 4) is 0 Å². The van der Waals surface area contributed by atoms with Crippen LogP contribution in [0.25, 0.3) is 0 Å². The van der Waals surface area contributed by atoms with Crippen molar-refractivity contribution in [2.24, 2.45) is 34.0 Å². The van der Waals surface area contributed by atoms with Gasteiger partial charge in [0.25, 0.3) is 0 Å². The van der Waals surface area contributed by atoms with Gasteiger partial charge in [-0.3, -0.25) is 0 Å². The van der Waals surface area contributed by atoms with Crippen LogP contribution >= 0.6 is 0 Å². The fourth-order valence-corrected chi connectivity index (χ4v) is 7.51. The quantitative estimate of drug-likeness (QED) is 0.651. The normalized spacial score (nSPS) is 58.7. The predicted octanol–water partition coefficient (Wildman–Crippen LogP) is 2.89. The molecule has 0 aromatic heterocycles. The van der Waals surface area contributed by atoms with Crippen molar-refractivity contribution in [3.05, 3.63) is 12.2 Å².